The number of hydrogen-bond acceptors (Lipinski definition) is 7. The van der Waals surface area contributed by atoms with Gasteiger partial charge in [-0.2, -0.15) is 0 Å². The summed E-state index contributed by atoms with van der Waals surface area (Å²) in [6, 6.07) is 11.1. The molecule has 5 rings (SSSR count). The third-order valence-corrected chi connectivity index (χ3v) is 8.01. The number of aromatic hydroxyl groups is 1. The van der Waals surface area contributed by atoms with Crippen LogP contribution in [0.3, 0.4) is 0 Å². The van der Waals surface area contributed by atoms with E-state index >= 15 is 0 Å². The molecule has 6 N–H and O–H groups in total. The first-order chi connectivity index (χ1) is 17.3. The number of phenols is 1. The highest BCUT2D eigenvalue weighted by molar-refractivity contribution is 6.24. The Morgan fingerprint density at radius 2 is 1.65 bits per heavy atom. The SMILES string of the molecule is CC(C)(C)c1ccc(-c2ccc(O)c3c2CC2C[C@H]4CC(O)=C(C(N)=O)C(=O)[C@@]4(O)C(O)=C2C3=O)cc1. The van der Waals surface area contributed by atoms with Crippen LogP contribution in [0.4, 0.5) is 0 Å². The maximum atomic E-state index is 13.7. The molecule has 0 aliphatic heterocycles. The summed E-state index contributed by atoms with van der Waals surface area (Å²) < 4.78 is 0. The Balaban J connectivity index is 1.64. The van der Waals surface area contributed by atoms with Gasteiger partial charge in [0.15, 0.2) is 11.4 Å². The molecule has 0 saturated heterocycles. The van der Waals surface area contributed by atoms with Crippen molar-refractivity contribution in [2.45, 2.75) is 51.0 Å². The number of fused-ring (bicyclic) bond motifs is 3. The fourth-order valence-electron chi connectivity index (χ4n) is 6.04. The van der Waals surface area contributed by atoms with Gasteiger partial charge in [0, 0.05) is 17.9 Å². The standard InChI is InChI=1S/C29H29NO7/c1-28(2,3)15-6-4-13(5-7-15)17-8-9-19(31)22-18(17)11-14-10-16-12-20(32)23(27(30)36)26(35)29(16,37)25(34)21(14)24(22)33/h4-9,14,16,31-32,34,37H,10-12H2,1-3H3,(H2,30,36)/t14?,16-,29-/m0/s1. The van der Waals surface area contributed by atoms with E-state index in [2.05, 4.69) is 20.8 Å². The van der Waals surface area contributed by atoms with E-state index in [1.807, 2.05) is 24.3 Å². The van der Waals surface area contributed by atoms with Crippen LogP contribution < -0.4 is 5.73 Å². The summed E-state index contributed by atoms with van der Waals surface area (Å²) in [6.45, 7) is 6.34. The van der Waals surface area contributed by atoms with Crippen molar-refractivity contribution in [3.63, 3.8) is 0 Å². The highest BCUT2D eigenvalue weighted by atomic mass is 16.3. The monoisotopic (exact) mass is 503 g/mol. The highest BCUT2D eigenvalue weighted by Crippen LogP contribution is 2.52. The number of benzene rings is 2. The van der Waals surface area contributed by atoms with E-state index in [0.717, 1.165) is 16.7 Å². The van der Waals surface area contributed by atoms with Crippen molar-refractivity contribution >= 4 is 17.5 Å². The first kappa shape index (κ1) is 24.8. The minimum absolute atomic E-state index is 0.00835. The van der Waals surface area contributed by atoms with E-state index in [1.54, 1.807) is 6.07 Å². The maximum Gasteiger partial charge on any atom is 0.255 e. The molecule has 2 aromatic rings. The molecule has 0 bridgehead atoms. The molecule has 3 atom stereocenters. The number of rotatable bonds is 2. The van der Waals surface area contributed by atoms with Gasteiger partial charge in [-0.05, 0) is 52.5 Å². The van der Waals surface area contributed by atoms with Crippen molar-refractivity contribution in [1.82, 2.24) is 0 Å². The lowest BCUT2D eigenvalue weighted by Gasteiger charge is -2.45. The van der Waals surface area contributed by atoms with Crippen LogP contribution in [0.15, 0.2) is 59.1 Å². The second-order valence-electron chi connectivity index (χ2n) is 11.2. The van der Waals surface area contributed by atoms with Crippen molar-refractivity contribution in [2.24, 2.45) is 17.6 Å². The van der Waals surface area contributed by atoms with Gasteiger partial charge in [-0.3, -0.25) is 14.4 Å². The van der Waals surface area contributed by atoms with Gasteiger partial charge >= 0.3 is 0 Å². The number of aliphatic hydroxyl groups is 3. The van der Waals surface area contributed by atoms with Crippen LogP contribution in [0.1, 0.15) is 55.1 Å². The molecule has 3 aliphatic carbocycles. The fourth-order valence-corrected chi connectivity index (χ4v) is 6.04. The van der Waals surface area contributed by atoms with Crippen LogP contribution in [0.25, 0.3) is 11.1 Å². The van der Waals surface area contributed by atoms with Crippen LogP contribution >= 0.6 is 0 Å². The van der Waals surface area contributed by atoms with Crippen LogP contribution in [-0.2, 0) is 21.4 Å². The Kier molecular flexibility index (Phi) is 5.39. The third-order valence-electron chi connectivity index (χ3n) is 8.01. The van der Waals surface area contributed by atoms with Crippen LogP contribution in [0, 0.1) is 11.8 Å². The molecule has 37 heavy (non-hydrogen) atoms. The molecule has 3 aliphatic rings. The van der Waals surface area contributed by atoms with Crippen LogP contribution in [0.2, 0.25) is 0 Å². The predicted octanol–water partition coefficient (Wildman–Crippen LogP) is 3.54. The van der Waals surface area contributed by atoms with Gasteiger partial charge in [0.1, 0.15) is 22.8 Å². The van der Waals surface area contributed by atoms with Crippen molar-refractivity contribution in [3.8, 4) is 16.9 Å². The zero-order chi connectivity index (χ0) is 27.0. The van der Waals surface area contributed by atoms with Crippen LogP contribution in [-0.4, -0.2) is 43.5 Å². The third kappa shape index (κ3) is 3.50. The van der Waals surface area contributed by atoms with Crippen molar-refractivity contribution in [1.29, 1.82) is 0 Å². The van der Waals surface area contributed by atoms with Gasteiger partial charge in [-0.25, -0.2) is 0 Å². The second-order valence-corrected chi connectivity index (χ2v) is 11.2. The molecule has 192 valence electrons. The van der Waals surface area contributed by atoms with Gasteiger partial charge in [0.05, 0.1) is 5.56 Å². The Morgan fingerprint density at radius 1 is 1.00 bits per heavy atom. The number of carbonyl (C=O) groups excluding carboxylic acids is 3. The summed E-state index contributed by atoms with van der Waals surface area (Å²) in [5, 5.41) is 43.5. The maximum absolute atomic E-state index is 13.7. The number of primary amides is 1. The first-order valence-corrected chi connectivity index (χ1v) is 12.2. The van der Waals surface area contributed by atoms with E-state index in [0.29, 0.717) is 5.56 Å². The van der Waals surface area contributed by atoms with Gasteiger partial charge in [0.2, 0.25) is 5.78 Å². The van der Waals surface area contributed by atoms with Crippen molar-refractivity contribution < 1.29 is 34.8 Å². The van der Waals surface area contributed by atoms with Gasteiger partial charge in [0.25, 0.3) is 5.91 Å². The quantitative estimate of drug-likeness (QED) is 0.392. The molecule has 8 nitrogen and oxygen atoms in total. The molecular formula is C29H29NO7. The zero-order valence-electron chi connectivity index (χ0n) is 20.8. The predicted molar refractivity (Wildman–Crippen MR) is 135 cm³/mol. The second kappa shape index (κ2) is 8.05. The molecule has 1 amide bonds. The van der Waals surface area contributed by atoms with E-state index in [1.165, 1.54) is 6.07 Å². The van der Waals surface area contributed by atoms with Gasteiger partial charge < -0.3 is 26.2 Å². The zero-order valence-corrected chi connectivity index (χ0v) is 20.8. The topological polar surface area (TPSA) is 158 Å². The fraction of sp³-hybridized carbons (Fsp3) is 0.345. The summed E-state index contributed by atoms with van der Waals surface area (Å²) in [6.07, 6.45) is 0.108. The minimum atomic E-state index is -2.56. The van der Waals surface area contributed by atoms with Crippen molar-refractivity contribution in [2.75, 3.05) is 0 Å². The number of amides is 1. The molecule has 0 fully saturated rings. The first-order valence-electron chi connectivity index (χ1n) is 12.2. The molecule has 0 saturated carbocycles. The van der Waals surface area contributed by atoms with Gasteiger partial charge in [-0.1, -0.05) is 51.1 Å². The average molecular weight is 504 g/mol. The Hall–Kier alpha value is -3.91. The number of aliphatic hydroxyl groups excluding tert-OH is 2. The Morgan fingerprint density at radius 3 is 2.24 bits per heavy atom. The van der Waals surface area contributed by atoms with Crippen LogP contribution in [0.5, 0.6) is 5.75 Å². The van der Waals surface area contributed by atoms with Crippen molar-refractivity contribution in [3.05, 3.63) is 75.8 Å². The highest BCUT2D eigenvalue weighted by Gasteiger charge is 2.59. The average Bonchev–Trinajstić information content (AvgIpc) is 2.81. The summed E-state index contributed by atoms with van der Waals surface area (Å²) >= 11 is 0. The Labute approximate surface area is 213 Å². The molecular weight excluding hydrogens is 474 g/mol. The molecule has 0 spiro atoms. The summed E-state index contributed by atoms with van der Waals surface area (Å²) in [5.74, 6) is -6.33. The van der Waals surface area contributed by atoms with E-state index in [4.69, 9.17) is 5.73 Å². The lowest BCUT2D eigenvalue weighted by Crippen LogP contribution is -2.57. The molecule has 8 heteroatoms. The molecule has 0 aromatic heterocycles. The van der Waals surface area contributed by atoms with E-state index < -0.39 is 52.0 Å². The number of Topliss-reactive ketones (excluding diaryl/α,β-unsaturated/α-hetero) is 2. The number of ketones is 2. The lowest BCUT2D eigenvalue weighted by atomic mass is 9.60. The number of nitrogens with two attached hydrogens (primary N) is 1. The molecule has 1 unspecified atom stereocenters. The molecule has 0 heterocycles. The molecule has 0 radical (unpaired) electrons. The Bertz CT molecular complexity index is 1440. The van der Waals surface area contributed by atoms with E-state index in [9.17, 15) is 34.8 Å². The lowest BCUT2D eigenvalue weighted by molar-refractivity contribution is -0.144. The smallest absolute Gasteiger partial charge is 0.255 e. The van der Waals surface area contributed by atoms with E-state index in [-0.39, 0.29) is 41.6 Å². The number of hydrogen-bond donors (Lipinski definition) is 5. The number of phenolic OH excluding ortho intramolecular Hbond substituents is 1. The molecule has 2 aromatic carbocycles. The van der Waals surface area contributed by atoms with Gasteiger partial charge in [-0.15, -0.1) is 0 Å². The number of carbonyl (C=O) groups is 3. The number of allylic oxidation sites excluding steroid dienone is 2. The largest absolute Gasteiger partial charge is 0.511 e. The minimum Gasteiger partial charge on any atom is -0.511 e. The summed E-state index contributed by atoms with van der Waals surface area (Å²) in [7, 11) is 0. The normalized spacial score (nSPS) is 25.5. The summed E-state index contributed by atoms with van der Waals surface area (Å²) in [4.78, 5) is 38.5. The summed E-state index contributed by atoms with van der Waals surface area (Å²) in [5.41, 5.74) is 5.08.